The molecule has 19 heavy (non-hydrogen) atoms. The molecule has 2 nitrogen and oxygen atoms in total. The lowest BCUT2D eigenvalue weighted by Gasteiger charge is -2.10. The Hall–Kier alpha value is -1.19. The Morgan fingerprint density at radius 1 is 1.21 bits per heavy atom. The van der Waals surface area contributed by atoms with Gasteiger partial charge in [0.15, 0.2) is 0 Å². The Morgan fingerprint density at radius 3 is 2.74 bits per heavy atom. The van der Waals surface area contributed by atoms with Crippen molar-refractivity contribution in [3.8, 4) is 5.75 Å². The second-order valence-corrected chi connectivity index (χ2v) is 5.43. The molecule has 0 aliphatic carbocycles. The Morgan fingerprint density at radius 2 is 2.00 bits per heavy atom. The monoisotopic (exact) mass is 339 g/mol. The highest BCUT2D eigenvalue weighted by Crippen LogP contribution is 2.22. The molecule has 0 spiro atoms. The van der Waals surface area contributed by atoms with Crippen LogP contribution in [0.4, 0.5) is 5.69 Å². The zero-order valence-electron chi connectivity index (χ0n) is 10.6. The van der Waals surface area contributed by atoms with E-state index >= 15 is 0 Å². The van der Waals surface area contributed by atoms with Gasteiger partial charge in [0.1, 0.15) is 12.4 Å². The molecular formula is C15H15BrClNO. The van der Waals surface area contributed by atoms with Crippen molar-refractivity contribution in [2.45, 2.75) is 6.92 Å². The third-order valence-electron chi connectivity index (χ3n) is 2.69. The number of anilines is 1. The molecule has 0 aromatic heterocycles. The van der Waals surface area contributed by atoms with Gasteiger partial charge in [0.2, 0.25) is 0 Å². The highest BCUT2D eigenvalue weighted by Gasteiger charge is 1.99. The summed E-state index contributed by atoms with van der Waals surface area (Å²) < 4.78 is 6.77. The van der Waals surface area contributed by atoms with Gasteiger partial charge in [0, 0.05) is 11.0 Å². The van der Waals surface area contributed by atoms with Gasteiger partial charge in [-0.3, -0.25) is 0 Å². The first-order chi connectivity index (χ1) is 9.16. The molecule has 2 aromatic rings. The maximum atomic E-state index is 6.05. The number of para-hydroxylation sites is 1. The summed E-state index contributed by atoms with van der Waals surface area (Å²) in [6, 6.07) is 13.6. The molecule has 0 amide bonds. The van der Waals surface area contributed by atoms with Crippen molar-refractivity contribution in [1.29, 1.82) is 0 Å². The number of benzene rings is 2. The van der Waals surface area contributed by atoms with Crippen LogP contribution in [0.25, 0.3) is 0 Å². The summed E-state index contributed by atoms with van der Waals surface area (Å²) >= 11 is 9.52. The Balaban J connectivity index is 1.81. The van der Waals surface area contributed by atoms with Crippen LogP contribution in [-0.4, -0.2) is 13.2 Å². The smallest absolute Gasteiger partial charge is 0.119 e. The molecule has 0 saturated heterocycles. The van der Waals surface area contributed by atoms with E-state index in [0.29, 0.717) is 13.2 Å². The number of halogens is 2. The molecule has 0 aliphatic rings. The minimum atomic E-state index is 0.590. The van der Waals surface area contributed by atoms with E-state index in [0.717, 1.165) is 26.5 Å². The van der Waals surface area contributed by atoms with Crippen molar-refractivity contribution < 1.29 is 4.74 Å². The molecule has 0 radical (unpaired) electrons. The van der Waals surface area contributed by atoms with Crippen molar-refractivity contribution in [2.24, 2.45) is 0 Å². The molecular weight excluding hydrogens is 326 g/mol. The predicted octanol–water partition coefficient (Wildman–Crippen LogP) is 4.90. The first-order valence-electron chi connectivity index (χ1n) is 6.04. The van der Waals surface area contributed by atoms with Crippen molar-refractivity contribution in [2.75, 3.05) is 18.5 Å². The number of hydrogen-bond donors (Lipinski definition) is 1. The van der Waals surface area contributed by atoms with Crippen molar-refractivity contribution in [3.63, 3.8) is 0 Å². The van der Waals surface area contributed by atoms with Gasteiger partial charge in [0.05, 0.1) is 10.7 Å². The maximum Gasteiger partial charge on any atom is 0.119 e. The molecule has 2 aromatic carbocycles. The van der Waals surface area contributed by atoms with Gasteiger partial charge < -0.3 is 10.1 Å². The minimum absolute atomic E-state index is 0.590. The number of nitrogens with one attached hydrogen (secondary N) is 1. The largest absolute Gasteiger partial charge is 0.492 e. The summed E-state index contributed by atoms with van der Waals surface area (Å²) in [6.07, 6.45) is 0. The average Bonchev–Trinajstić information content (AvgIpc) is 2.40. The third-order valence-corrected chi connectivity index (χ3v) is 3.91. The van der Waals surface area contributed by atoms with E-state index < -0.39 is 0 Å². The number of rotatable bonds is 5. The summed E-state index contributed by atoms with van der Waals surface area (Å²) in [5.74, 6) is 0.877. The van der Waals surface area contributed by atoms with E-state index in [-0.39, 0.29) is 0 Å². The summed E-state index contributed by atoms with van der Waals surface area (Å²) in [4.78, 5) is 0. The third kappa shape index (κ3) is 4.15. The lowest BCUT2D eigenvalue weighted by atomic mass is 10.2. The second kappa shape index (κ2) is 6.83. The van der Waals surface area contributed by atoms with Crippen LogP contribution in [0, 0.1) is 6.92 Å². The van der Waals surface area contributed by atoms with Crippen LogP contribution in [0.3, 0.4) is 0 Å². The highest BCUT2D eigenvalue weighted by atomic mass is 79.9. The van der Waals surface area contributed by atoms with Gasteiger partial charge in [-0.15, -0.1) is 0 Å². The van der Waals surface area contributed by atoms with E-state index in [1.54, 1.807) is 0 Å². The van der Waals surface area contributed by atoms with E-state index in [4.69, 9.17) is 16.3 Å². The first kappa shape index (κ1) is 14.2. The van der Waals surface area contributed by atoms with Gasteiger partial charge in [-0.05, 0) is 42.8 Å². The van der Waals surface area contributed by atoms with Crippen LogP contribution in [0.5, 0.6) is 5.75 Å². The van der Waals surface area contributed by atoms with Crippen LogP contribution in [-0.2, 0) is 0 Å². The number of hydrogen-bond acceptors (Lipinski definition) is 2. The standard InChI is InChI=1S/C15H15BrClNO/c1-11-10-12(6-7-13(11)16)19-9-8-18-15-5-3-2-4-14(15)17/h2-7,10,18H,8-9H2,1H3. The van der Waals surface area contributed by atoms with Crippen molar-refractivity contribution in [1.82, 2.24) is 0 Å². The second-order valence-electron chi connectivity index (χ2n) is 4.17. The molecule has 0 heterocycles. The Bertz CT molecular complexity index is 560. The van der Waals surface area contributed by atoms with Gasteiger partial charge in [-0.1, -0.05) is 39.7 Å². The molecule has 100 valence electrons. The summed E-state index contributed by atoms with van der Waals surface area (Å²) in [5, 5.41) is 3.97. The molecule has 0 bridgehead atoms. The minimum Gasteiger partial charge on any atom is -0.492 e. The molecule has 0 atom stereocenters. The predicted molar refractivity (Wildman–Crippen MR) is 84.3 cm³/mol. The fourth-order valence-electron chi connectivity index (χ4n) is 1.67. The number of ether oxygens (including phenoxy) is 1. The normalized spacial score (nSPS) is 10.3. The van der Waals surface area contributed by atoms with E-state index in [1.807, 2.05) is 49.4 Å². The Labute approximate surface area is 126 Å². The van der Waals surface area contributed by atoms with Gasteiger partial charge in [-0.2, -0.15) is 0 Å². The topological polar surface area (TPSA) is 21.3 Å². The van der Waals surface area contributed by atoms with Crippen molar-refractivity contribution >= 4 is 33.2 Å². The van der Waals surface area contributed by atoms with E-state index in [9.17, 15) is 0 Å². The fraction of sp³-hybridized carbons (Fsp3) is 0.200. The van der Waals surface area contributed by atoms with Gasteiger partial charge in [-0.25, -0.2) is 0 Å². The molecule has 1 N–H and O–H groups in total. The van der Waals surface area contributed by atoms with Crippen LogP contribution < -0.4 is 10.1 Å². The van der Waals surface area contributed by atoms with E-state index in [1.165, 1.54) is 0 Å². The van der Waals surface area contributed by atoms with Crippen molar-refractivity contribution in [3.05, 3.63) is 57.5 Å². The summed E-state index contributed by atoms with van der Waals surface area (Å²) in [6.45, 7) is 3.34. The average molecular weight is 341 g/mol. The first-order valence-corrected chi connectivity index (χ1v) is 7.21. The van der Waals surface area contributed by atoms with Gasteiger partial charge >= 0.3 is 0 Å². The molecule has 0 saturated carbocycles. The lowest BCUT2D eigenvalue weighted by molar-refractivity contribution is 0.332. The zero-order valence-corrected chi connectivity index (χ0v) is 13.0. The molecule has 2 rings (SSSR count). The Kier molecular flexibility index (Phi) is 5.11. The van der Waals surface area contributed by atoms with Gasteiger partial charge in [0.25, 0.3) is 0 Å². The maximum absolute atomic E-state index is 6.05. The summed E-state index contributed by atoms with van der Waals surface area (Å²) in [5.41, 5.74) is 2.09. The fourth-order valence-corrected chi connectivity index (χ4v) is 2.12. The molecule has 0 aliphatic heterocycles. The highest BCUT2D eigenvalue weighted by molar-refractivity contribution is 9.10. The zero-order chi connectivity index (χ0) is 13.7. The van der Waals surface area contributed by atoms with Crippen LogP contribution >= 0.6 is 27.5 Å². The quantitative estimate of drug-likeness (QED) is 0.782. The number of aryl methyl sites for hydroxylation is 1. The van der Waals surface area contributed by atoms with Crippen LogP contribution in [0.2, 0.25) is 5.02 Å². The molecule has 0 fully saturated rings. The molecule has 4 heteroatoms. The van der Waals surface area contributed by atoms with E-state index in [2.05, 4.69) is 21.2 Å². The van der Waals surface area contributed by atoms with Crippen LogP contribution in [0.15, 0.2) is 46.9 Å². The van der Waals surface area contributed by atoms with Crippen LogP contribution in [0.1, 0.15) is 5.56 Å². The lowest BCUT2D eigenvalue weighted by Crippen LogP contribution is -2.11. The molecule has 0 unspecified atom stereocenters. The summed E-state index contributed by atoms with van der Waals surface area (Å²) in [7, 11) is 0. The SMILES string of the molecule is Cc1cc(OCCNc2ccccc2Cl)ccc1Br.